The number of rotatable bonds is 5. The van der Waals surface area contributed by atoms with Crippen molar-refractivity contribution in [1.82, 2.24) is 5.32 Å². The van der Waals surface area contributed by atoms with Gasteiger partial charge in [0, 0.05) is 12.2 Å². The number of hydrogen-bond donors (Lipinski definition) is 3. The van der Waals surface area contributed by atoms with Gasteiger partial charge in [-0.3, -0.25) is 4.79 Å². The molecule has 0 unspecified atom stereocenters. The molecule has 0 rings (SSSR count). The van der Waals surface area contributed by atoms with Gasteiger partial charge in [0.15, 0.2) is 0 Å². The molecule has 0 saturated carbocycles. The molecule has 0 heterocycles. The van der Waals surface area contributed by atoms with Crippen LogP contribution in [0.2, 0.25) is 0 Å². The van der Waals surface area contributed by atoms with E-state index in [9.17, 15) is 9.59 Å². The quantitative estimate of drug-likeness (QED) is 0.507. The first kappa shape index (κ1) is 11.6. The van der Waals surface area contributed by atoms with E-state index in [1.807, 2.05) is 6.92 Å². The maximum Gasteiger partial charge on any atom is 0.328 e. The summed E-state index contributed by atoms with van der Waals surface area (Å²) in [5, 5.41) is 19.3. The van der Waals surface area contributed by atoms with Crippen LogP contribution in [0, 0.1) is 0 Å². The maximum atomic E-state index is 10.9. The van der Waals surface area contributed by atoms with Crippen LogP contribution in [-0.2, 0) is 9.59 Å². The van der Waals surface area contributed by atoms with Crippen molar-refractivity contribution in [2.24, 2.45) is 0 Å². The van der Waals surface area contributed by atoms with E-state index in [2.05, 4.69) is 5.32 Å². The summed E-state index contributed by atoms with van der Waals surface area (Å²) >= 11 is 0. The molecule has 1 amide bonds. The molecule has 0 aliphatic rings. The van der Waals surface area contributed by atoms with Gasteiger partial charge in [-0.1, -0.05) is 6.92 Å². The normalized spacial score (nSPS) is 12.8. The zero-order valence-electron chi connectivity index (χ0n) is 7.36. The molecule has 5 nitrogen and oxygen atoms in total. The lowest BCUT2D eigenvalue weighted by Gasteiger charge is -2.11. The summed E-state index contributed by atoms with van der Waals surface area (Å²) in [6.45, 7) is 1.66. The van der Waals surface area contributed by atoms with Crippen molar-refractivity contribution in [3.63, 3.8) is 0 Å². The molecule has 0 aromatic heterocycles. The Morgan fingerprint density at radius 2 is 2.08 bits per heavy atom. The summed E-state index contributed by atoms with van der Waals surface area (Å²) in [5.41, 5.74) is 0. The minimum absolute atomic E-state index is 0.150. The molecule has 0 radical (unpaired) electrons. The highest BCUT2D eigenvalue weighted by molar-refractivity contribution is 5.93. The van der Waals surface area contributed by atoms with E-state index in [0.29, 0.717) is 6.42 Å². The Labute approximate surface area is 76.1 Å². The zero-order chi connectivity index (χ0) is 10.3. The number of nitrogens with one attached hydrogen (secondary N) is 1. The largest absolute Gasteiger partial charge is 0.478 e. The summed E-state index contributed by atoms with van der Waals surface area (Å²) in [7, 11) is 0. The zero-order valence-corrected chi connectivity index (χ0v) is 7.36. The number of amides is 1. The van der Waals surface area contributed by atoms with E-state index in [-0.39, 0.29) is 12.6 Å². The van der Waals surface area contributed by atoms with Gasteiger partial charge in [0.05, 0.1) is 12.6 Å². The van der Waals surface area contributed by atoms with Gasteiger partial charge in [-0.25, -0.2) is 4.79 Å². The van der Waals surface area contributed by atoms with Crippen LogP contribution in [0.25, 0.3) is 0 Å². The number of carboxylic acid groups (broad SMARTS) is 1. The third kappa shape index (κ3) is 5.86. The van der Waals surface area contributed by atoms with E-state index in [0.717, 1.165) is 12.2 Å². The first-order valence-electron chi connectivity index (χ1n) is 3.92. The predicted molar refractivity (Wildman–Crippen MR) is 46.1 cm³/mol. The Bertz CT molecular complexity index is 208. The van der Waals surface area contributed by atoms with Gasteiger partial charge in [0.1, 0.15) is 0 Å². The predicted octanol–water partition coefficient (Wildman–Crippen LogP) is -0.486. The highest BCUT2D eigenvalue weighted by Crippen LogP contribution is 1.88. The maximum absolute atomic E-state index is 10.9. The molecule has 0 saturated heterocycles. The van der Waals surface area contributed by atoms with E-state index in [1.54, 1.807) is 0 Å². The van der Waals surface area contributed by atoms with Crippen LogP contribution in [-0.4, -0.2) is 34.7 Å². The average Bonchev–Trinajstić information content (AvgIpc) is 2.10. The SMILES string of the molecule is CC[C@H](CO)NC(=O)/C=C/C(=O)O. The van der Waals surface area contributed by atoms with E-state index in [4.69, 9.17) is 10.2 Å². The summed E-state index contributed by atoms with van der Waals surface area (Å²) in [6.07, 6.45) is 2.27. The van der Waals surface area contributed by atoms with Crippen molar-refractivity contribution >= 4 is 11.9 Å². The third-order valence-corrected chi connectivity index (χ3v) is 1.44. The fraction of sp³-hybridized carbons (Fsp3) is 0.500. The highest BCUT2D eigenvalue weighted by atomic mass is 16.4. The molecule has 0 aliphatic heterocycles. The lowest BCUT2D eigenvalue weighted by Crippen LogP contribution is -2.35. The van der Waals surface area contributed by atoms with Crippen LogP contribution in [0.4, 0.5) is 0 Å². The van der Waals surface area contributed by atoms with Gasteiger partial charge < -0.3 is 15.5 Å². The molecule has 0 spiro atoms. The molecule has 0 aromatic carbocycles. The second kappa shape index (κ2) is 6.19. The summed E-state index contributed by atoms with van der Waals surface area (Å²) in [4.78, 5) is 20.9. The Morgan fingerprint density at radius 1 is 1.46 bits per heavy atom. The molecule has 5 heteroatoms. The monoisotopic (exact) mass is 187 g/mol. The smallest absolute Gasteiger partial charge is 0.328 e. The number of carbonyl (C=O) groups is 2. The summed E-state index contributed by atoms with van der Waals surface area (Å²) in [5.74, 6) is -1.68. The molecule has 74 valence electrons. The molecule has 1 atom stereocenters. The fourth-order valence-corrected chi connectivity index (χ4v) is 0.673. The molecule has 0 aliphatic carbocycles. The number of carbonyl (C=O) groups excluding carboxylic acids is 1. The summed E-state index contributed by atoms with van der Waals surface area (Å²) in [6, 6.07) is -0.314. The van der Waals surface area contributed by atoms with Crippen molar-refractivity contribution < 1.29 is 19.8 Å². The van der Waals surface area contributed by atoms with Crippen LogP contribution < -0.4 is 5.32 Å². The molecule has 3 N–H and O–H groups in total. The molecular weight excluding hydrogens is 174 g/mol. The molecule has 0 fully saturated rings. The summed E-state index contributed by atoms with van der Waals surface area (Å²) < 4.78 is 0. The van der Waals surface area contributed by atoms with Crippen molar-refractivity contribution in [3.8, 4) is 0 Å². The van der Waals surface area contributed by atoms with Crippen LogP contribution in [0.3, 0.4) is 0 Å². The number of aliphatic hydroxyl groups excluding tert-OH is 1. The van der Waals surface area contributed by atoms with E-state index < -0.39 is 11.9 Å². The lowest BCUT2D eigenvalue weighted by molar-refractivity contribution is -0.131. The van der Waals surface area contributed by atoms with Gasteiger partial charge in [-0.2, -0.15) is 0 Å². The first-order valence-corrected chi connectivity index (χ1v) is 3.92. The Balaban J connectivity index is 3.92. The lowest BCUT2D eigenvalue weighted by atomic mass is 10.2. The standard InChI is InChI=1S/C8H13NO4/c1-2-6(5-10)9-7(11)3-4-8(12)13/h3-4,6,10H,2,5H2,1H3,(H,9,11)(H,12,13)/b4-3+/t6-/m1/s1. The van der Waals surface area contributed by atoms with Crippen LogP contribution in [0.5, 0.6) is 0 Å². The van der Waals surface area contributed by atoms with Crippen LogP contribution in [0.15, 0.2) is 12.2 Å². The van der Waals surface area contributed by atoms with Gasteiger partial charge in [0.2, 0.25) is 5.91 Å². The Hall–Kier alpha value is -1.36. The fourth-order valence-electron chi connectivity index (χ4n) is 0.673. The molecular formula is C8H13NO4. The van der Waals surface area contributed by atoms with Gasteiger partial charge in [-0.15, -0.1) is 0 Å². The first-order chi connectivity index (χ1) is 6.10. The number of aliphatic carboxylic acids is 1. The van der Waals surface area contributed by atoms with Crippen molar-refractivity contribution in [2.75, 3.05) is 6.61 Å². The number of aliphatic hydroxyl groups is 1. The Morgan fingerprint density at radius 3 is 2.46 bits per heavy atom. The third-order valence-electron chi connectivity index (χ3n) is 1.44. The average molecular weight is 187 g/mol. The van der Waals surface area contributed by atoms with Gasteiger partial charge in [0.25, 0.3) is 0 Å². The van der Waals surface area contributed by atoms with E-state index in [1.165, 1.54) is 0 Å². The topological polar surface area (TPSA) is 86.6 Å². The second-order valence-electron chi connectivity index (χ2n) is 2.47. The van der Waals surface area contributed by atoms with Crippen LogP contribution >= 0.6 is 0 Å². The van der Waals surface area contributed by atoms with Gasteiger partial charge in [-0.05, 0) is 6.42 Å². The van der Waals surface area contributed by atoms with Crippen molar-refractivity contribution in [2.45, 2.75) is 19.4 Å². The highest BCUT2D eigenvalue weighted by Gasteiger charge is 2.05. The van der Waals surface area contributed by atoms with Crippen molar-refractivity contribution in [3.05, 3.63) is 12.2 Å². The minimum atomic E-state index is -1.17. The van der Waals surface area contributed by atoms with Crippen molar-refractivity contribution in [1.29, 1.82) is 0 Å². The molecule has 0 aromatic rings. The van der Waals surface area contributed by atoms with Crippen LogP contribution in [0.1, 0.15) is 13.3 Å². The Kier molecular flexibility index (Phi) is 5.54. The molecule has 13 heavy (non-hydrogen) atoms. The number of carboxylic acids is 1. The second-order valence-corrected chi connectivity index (χ2v) is 2.47. The van der Waals surface area contributed by atoms with Gasteiger partial charge >= 0.3 is 5.97 Å². The minimum Gasteiger partial charge on any atom is -0.478 e. The van der Waals surface area contributed by atoms with E-state index >= 15 is 0 Å². The molecule has 0 bridgehead atoms. The number of hydrogen-bond acceptors (Lipinski definition) is 3.